The third-order valence-electron chi connectivity index (χ3n) is 5.82. The Kier molecular flexibility index (Phi) is 6.29. The molecule has 36 heavy (non-hydrogen) atoms. The van der Waals surface area contributed by atoms with Gasteiger partial charge in [-0.05, 0) is 26.0 Å². The van der Waals surface area contributed by atoms with E-state index in [9.17, 15) is 14.3 Å². The molecule has 3 N–H and O–H groups in total. The van der Waals surface area contributed by atoms with Gasteiger partial charge in [-0.1, -0.05) is 0 Å². The van der Waals surface area contributed by atoms with Crippen molar-refractivity contribution in [2.24, 2.45) is 0 Å². The van der Waals surface area contributed by atoms with Crippen LogP contribution in [0.2, 0.25) is 0 Å². The number of carbonyl (C=O) groups is 1. The van der Waals surface area contributed by atoms with Crippen molar-refractivity contribution < 1.29 is 14.3 Å². The van der Waals surface area contributed by atoms with Gasteiger partial charge in [0.2, 0.25) is 5.95 Å². The van der Waals surface area contributed by atoms with E-state index in [-0.39, 0.29) is 12.5 Å². The quantitative estimate of drug-likeness (QED) is 0.366. The van der Waals surface area contributed by atoms with Gasteiger partial charge in [0.05, 0.1) is 30.6 Å². The molecular formula is C23H25FN10O2. The van der Waals surface area contributed by atoms with Crippen molar-refractivity contribution in [1.82, 2.24) is 39.8 Å². The predicted octanol–water partition coefficient (Wildman–Crippen LogP) is 1.60. The van der Waals surface area contributed by atoms with Crippen LogP contribution in [0.3, 0.4) is 0 Å². The molecule has 0 bridgehead atoms. The fourth-order valence-corrected chi connectivity index (χ4v) is 4.07. The lowest BCUT2D eigenvalue weighted by molar-refractivity contribution is 0.0563. The van der Waals surface area contributed by atoms with Gasteiger partial charge >= 0.3 is 0 Å². The van der Waals surface area contributed by atoms with Crippen molar-refractivity contribution in [3.63, 3.8) is 0 Å². The fourth-order valence-electron chi connectivity index (χ4n) is 4.07. The second kappa shape index (κ2) is 9.70. The lowest BCUT2D eigenvalue weighted by atomic mass is 10.1. The highest BCUT2D eigenvalue weighted by Crippen LogP contribution is 2.22. The van der Waals surface area contributed by atoms with E-state index in [1.807, 2.05) is 30.9 Å². The highest BCUT2D eigenvalue weighted by molar-refractivity contribution is 5.94. The predicted molar refractivity (Wildman–Crippen MR) is 129 cm³/mol. The zero-order valence-corrected chi connectivity index (χ0v) is 19.8. The summed E-state index contributed by atoms with van der Waals surface area (Å²) >= 11 is 0. The minimum Gasteiger partial charge on any atom is -0.394 e. The molecule has 0 radical (unpaired) electrons. The SMILES string of the molecule is Cc1cc(Nc2cc(C)[nH]n2)nc(N2CCN(C(=O)c3ccc(-n4cc(F)cn4)nc3)C(CO)C2)n1. The number of hydrogen-bond donors (Lipinski definition) is 3. The number of aryl methyl sites for hydroxylation is 2. The van der Waals surface area contributed by atoms with E-state index in [2.05, 4.69) is 35.6 Å². The second-order valence-corrected chi connectivity index (χ2v) is 8.54. The lowest BCUT2D eigenvalue weighted by Crippen LogP contribution is -2.57. The molecule has 4 aromatic rings. The topological polar surface area (TPSA) is 141 Å². The van der Waals surface area contributed by atoms with Crippen LogP contribution in [0, 0.1) is 19.7 Å². The Hall–Kier alpha value is -4.39. The molecule has 1 aliphatic heterocycles. The molecule has 1 fully saturated rings. The molecule has 0 aliphatic carbocycles. The molecule has 5 rings (SSSR count). The summed E-state index contributed by atoms with van der Waals surface area (Å²) in [4.78, 5) is 30.2. The number of nitrogens with one attached hydrogen (secondary N) is 2. The normalized spacial score (nSPS) is 15.8. The summed E-state index contributed by atoms with van der Waals surface area (Å²) in [7, 11) is 0. The van der Waals surface area contributed by atoms with Gasteiger partial charge in [-0.3, -0.25) is 9.89 Å². The number of anilines is 3. The maximum absolute atomic E-state index is 13.2. The van der Waals surface area contributed by atoms with Gasteiger partial charge in [-0.2, -0.15) is 15.2 Å². The number of carbonyl (C=O) groups excluding carboxylic acids is 1. The first kappa shape index (κ1) is 23.4. The molecule has 1 atom stereocenters. The number of halogens is 1. The summed E-state index contributed by atoms with van der Waals surface area (Å²) in [6, 6.07) is 6.45. The number of aromatic amines is 1. The molecule has 0 spiro atoms. The van der Waals surface area contributed by atoms with Gasteiger partial charge in [0.25, 0.3) is 5.91 Å². The van der Waals surface area contributed by atoms with E-state index >= 15 is 0 Å². The number of aliphatic hydroxyl groups excluding tert-OH is 1. The molecule has 13 heteroatoms. The number of H-pyrrole nitrogens is 1. The number of aromatic nitrogens is 7. The van der Waals surface area contributed by atoms with Crippen molar-refractivity contribution in [3.8, 4) is 5.82 Å². The lowest BCUT2D eigenvalue weighted by Gasteiger charge is -2.40. The molecule has 0 aromatic carbocycles. The molecule has 1 aliphatic rings. The Labute approximate surface area is 205 Å². The molecule has 12 nitrogen and oxygen atoms in total. The highest BCUT2D eigenvalue weighted by atomic mass is 19.1. The maximum atomic E-state index is 13.2. The van der Waals surface area contributed by atoms with E-state index in [1.54, 1.807) is 17.0 Å². The minimum atomic E-state index is -0.475. The molecular weight excluding hydrogens is 467 g/mol. The first-order valence-corrected chi connectivity index (χ1v) is 11.4. The van der Waals surface area contributed by atoms with Crippen LogP contribution < -0.4 is 10.2 Å². The molecule has 1 amide bonds. The molecule has 1 saturated heterocycles. The Balaban J connectivity index is 1.29. The number of pyridine rings is 1. The highest BCUT2D eigenvalue weighted by Gasteiger charge is 2.32. The third kappa shape index (κ3) is 4.86. The summed E-state index contributed by atoms with van der Waals surface area (Å²) in [6.45, 7) is 4.80. The first-order valence-electron chi connectivity index (χ1n) is 11.4. The largest absolute Gasteiger partial charge is 0.394 e. The van der Waals surface area contributed by atoms with Gasteiger partial charge in [0, 0.05) is 49.4 Å². The van der Waals surface area contributed by atoms with E-state index in [1.165, 1.54) is 17.1 Å². The number of rotatable bonds is 6. The number of hydrogen-bond acceptors (Lipinski definition) is 9. The van der Waals surface area contributed by atoms with Crippen LogP contribution in [0.1, 0.15) is 21.7 Å². The Morgan fingerprint density at radius 1 is 1.19 bits per heavy atom. The third-order valence-corrected chi connectivity index (χ3v) is 5.82. The summed E-state index contributed by atoms with van der Waals surface area (Å²) in [5, 5.41) is 24.2. The van der Waals surface area contributed by atoms with Crippen LogP contribution in [0.4, 0.5) is 22.0 Å². The molecule has 1 unspecified atom stereocenters. The van der Waals surface area contributed by atoms with Crippen molar-refractivity contribution in [1.29, 1.82) is 0 Å². The summed E-state index contributed by atoms with van der Waals surface area (Å²) in [5.41, 5.74) is 2.07. The van der Waals surface area contributed by atoms with Gasteiger partial charge in [0.15, 0.2) is 17.5 Å². The number of amides is 1. The summed E-state index contributed by atoms with van der Waals surface area (Å²) in [6.07, 6.45) is 3.71. The van der Waals surface area contributed by atoms with Crippen LogP contribution in [-0.4, -0.2) is 83.1 Å². The number of aliphatic hydroxyl groups is 1. The van der Waals surface area contributed by atoms with Crippen molar-refractivity contribution in [2.45, 2.75) is 19.9 Å². The van der Waals surface area contributed by atoms with Crippen LogP contribution >= 0.6 is 0 Å². The van der Waals surface area contributed by atoms with Crippen molar-refractivity contribution in [3.05, 3.63) is 65.6 Å². The van der Waals surface area contributed by atoms with Crippen molar-refractivity contribution in [2.75, 3.05) is 36.5 Å². The maximum Gasteiger partial charge on any atom is 0.255 e. The average Bonchev–Trinajstić information content (AvgIpc) is 3.50. The van der Waals surface area contributed by atoms with Crippen LogP contribution in [0.5, 0.6) is 0 Å². The number of nitrogens with zero attached hydrogens (tertiary/aromatic N) is 8. The van der Waals surface area contributed by atoms with E-state index < -0.39 is 11.9 Å². The van der Waals surface area contributed by atoms with Gasteiger partial charge in [-0.25, -0.2) is 19.0 Å². The Morgan fingerprint density at radius 2 is 2.06 bits per heavy atom. The van der Waals surface area contributed by atoms with E-state index in [0.29, 0.717) is 48.6 Å². The van der Waals surface area contributed by atoms with Crippen LogP contribution in [0.25, 0.3) is 5.82 Å². The van der Waals surface area contributed by atoms with Crippen LogP contribution in [0.15, 0.2) is 42.9 Å². The van der Waals surface area contributed by atoms with Gasteiger partial charge in [-0.15, -0.1) is 0 Å². The standard InChI is InChI=1S/C23H25FN10O2/c1-14-7-19(28-20-8-15(2)30-31-20)29-23(27-14)32-5-6-33(18(12-32)13-35)22(36)16-3-4-21(25-9-16)34-11-17(24)10-26-34/h3-4,7-11,18,35H,5-6,12-13H2,1-2H3,(H2,27,28,29,30,31). The zero-order valence-electron chi connectivity index (χ0n) is 19.8. The Morgan fingerprint density at radius 3 is 2.72 bits per heavy atom. The van der Waals surface area contributed by atoms with E-state index in [4.69, 9.17) is 0 Å². The van der Waals surface area contributed by atoms with Crippen LogP contribution in [-0.2, 0) is 0 Å². The zero-order chi connectivity index (χ0) is 25.2. The Bertz CT molecular complexity index is 1370. The van der Waals surface area contributed by atoms with Gasteiger partial charge in [0.1, 0.15) is 5.82 Å². The minimum absolute atomic E-state index is 0.218. The monoisotopic (exact) mass is 492 g/mol. The first-order chi connectivity index (χ1) is 17.4. The molecule has 0 saturated carbocycles. The fraction of sp³-hybridized carbons (Fsp3) is 0.304. The summed E-state index contributed by atoms with van der Waals surface area (Å²) in [5.74, 6) is 1.43. The van der Waals surface area contributed by atoms with Crippen molar-refractivity contribution >= 4 is 23.5 Å². The summed E-state index contributed by atoms with van der Waals surface area (Å²) < 4.78 is 14.5. The van der Waals surface area contributed by atoms with E-state index in [0.717, 1.165) is 17.6 Å². The smallest absolute Gasteiger partial charge is 0.255 e. The molecule has 4 aromatic heterocycles. The van der Waals surface area contributed by atoms with Gasteiger partial charge < -0.3 is 20.2 Å². The second-order valence-electron chi connectivity index (χ2n) is 8.54. The molecule has 5 heterocycles. The number of piperazine rings is 1. The average molecular weight is 493 g/mol. The molecule has 186 valence electrons.